The Labute approximate surface area is 63.0 Å². The summed E-state index contributed by atoms with van der Waals surface area (Å²) >= 11 is 0. The summed E-state index contributed by atoms with van der Waals surface area (Å²) in [6.45, 7) is 9.27. The monoisotopic (exact) mass is 158 g/mol. The second kappa shape index (κ2) is 3.56. The summed E-state index contributed by atoms with van der Waals surface area (Å²) in [6, 6.07) is 0. The second-order valence-electron chi connectivity index (χ2n) is 2.64. The summed E-state index contributed by atoms with van der Waals surface area (Å²) < 4.78 is 5.12. The third-order valence-corrected chi connectivity index (χ3v) is 2.89. The molecule has 0 saturated heterocycles. The first kappa shape index (κ1) is 9.43. The van der Waals surface area contributed by atoms with E-state index >= 15 is 0 Å². The smallest absolute Gasteiger partial charge is 0.292 e. The van der Waals surface area contributed by atoms with Crippen LogP contribution >= 0.6 is 0 Å². The standard InChI is InChI=1S/C7H14O2Si/c1-5-7(8)9-10(3,4)6-2/h6H,2,5H2,1,3-4H3. The topological polar surface area (TPSA) is 26.3 Å². The van der Waals surface area contributed by atoms with Gasteiger partial charge in [0.1, 0.15) is 0 Å². The molecule has 0 atom stereocenters. The first-order valence-corrected chi connectivity index (χ1v) is 6.36. The van der Waals surface area contributed by atoms with E-state index in [0.29, 0.717) is 6.42 Å². The lowest BCUT2D eigenvalue weighted by Crippen LogP contribution is -2.30. The summed E-state index contributed by atoms with van der Waals surface area (Å²) in [5, 5.41) is 0. The third-order valence-electron chi connectivity index (χ3n) is 1.16. The summed E-state index contributed by atoms with van der Waals surface area (Å²) in [6.07, 6.45) is 0.449. The van der Waals surface area contributed by atoms with Crippen molar-refractivity contribution in [3.8, 4) is 0 Å². The molecule has 0 aromatic heterocycles. The highest BCUT2D eigenvalue weighted by atomic mass is 28.4. The van der Waals surface area contributed by atoms with Gasteiger partial charge >= 0.3 is 0 Å². The van der Waals surface area contributed by atoms with Gasteiger partial charge in [0.25, 0.3) is 14.3 Å². The van der Waals surface area contributed by atoms with Gasteiger partial charge < -0.3 is 4.43 Å². The van der Waals surface area contributed by atoms with Crippen LogP contribution in [0.2, 0.25) is 13.1 Å². The van der Waals surface area contributed by atoms with Gasteiger partial charge in [-0.25, -0.2) is 0 Å². The van der Waals surface area contributed by atoms with Gasteiger partial charge in [-0.05, 0) is 13.1 Å². The number of carbonyl (C=O) groups is 1. The first-order valence-electron chi connectivity index (χ1n) is 3.37. The Kier molecular flexibility index (Phi) is 3.36. The minimum Gasteiger partial charge on any atom is -0.516 e. The van der Waals surface area contributed by atoms with Crippen molar-refractivity contribution in [3.63, 3.8) is 0 Å². The molecule has 0 saturated carbocycles. The molecule has 0 unspecified atom stereocenters. The second-order valence-corrected chi connectivity index (χ2v) is 6.45. The van der Waals surface area contributed by atoms with Gasteiger partial charge in [0.05, 0.1) is 0 Å². The number of hydrogen-bond acceptors (Lipinski definition) is 2. The van der Waals surface area contributed by atoms with E-state index in [1.807, 2.05) is 13.1 Å². The molecule has 0 aromatic carbocycles. The molecule has 0 N–H and O–H groups in total. The fraction of sp³-hybridized carbons (Fsp3) is 0.571. The predicted molar refractivity (Wildman–Crippen MR) is 44.1 cm³/mol. The molecule has 10 heavy (non-hydrogen) atoms. The molecule has 0 aliphatic carbocycles. The lowest BCUT2D eigenvalue weighted by atomic mass is 10.5. The molecule has 3 heteroatoms. The van der Waals surface area contributed by atoms with Crippen molar-refractivity contribution in [3.05, 3.63) is 12.3 Å². The molecular formula is C7H14O2Si. The first-order chi connectivity index (χ1) is 4.52. The van der Waals surface area contributed by atoms with Crippen molar-refractivity contribution in [2.24, 2.45) is 0 Å². The number of carbonyl (C=O) groups excluding carboxylic acids is 1. The molecule has 0 radical (unpaired) electrons. The van der Waals surface area contributed by atoms with Crippen molar-refractivity contribution in [2.75, 3.05) is 0 Å². The highest BCUT2D eigenvalue weighted by Crippen LogP contribution is 2.05. The van der Waals surface area contributed by atoms with Crippen LogP contribution < -0.4 is 0 Å². The van der Waals surface area contributed by atoms with E-state index in [4.69, 9.17) is 4.43 Å². The van der Waals surface area contributed by atoms with Gasteiger partial charge in [0.2, 0.25) is 0 Å². The van der Waals surface area contributed by atoms with E-state index in [0.717, 1.165) is 0 Å². The molecule has 2 nitrogen and oxygen atoms in total. The quantitative estimate of drug-likeness (QED) is 0.586. The van der Waals surface area contributed by atoms with Crippen LogP contribution in [0, 0.1) is 0 Å². The van der Waals surface area contributed by atoms with Crippen molar-refractivity contribution in [1.29, 1.82) is 0 Å². The van der Waals surface area contributed by atoms with Crippen LogP contribution in [0.15, 0.2) is 12.3 Å². The summed E-state index contributed by atoms with van der Waals surface area (Å²) in [7, 11) is -1.85. The molecule has 0 heterocycles. The Morgan fingerprint density at radius 1 is 1.70 bits per heavy atom. The number of hydrogen-bond donors (Lipinski definition) is 0. The van der Waals surface area contributed by atoms with Crippen LogP contribution in [0.25, 0.3) is 0 Å². The van der Waals surface area contributed by atoms with Crippen molar-refractivity contribution in [1.82, 2.24) is 0 Å². The fourth-order valence-electron chi connectivity index (χ4n) is 0.407. The molecule has 58 valence electrons. The average Bonchev–Trinajstić information content (AvgIpc) is 1.87. The van der Waals surface area contributed by atoms with Crippen LogP contribution in [0.3, 0.4) is 0 Å². The maximum absolute atomic E-state index is 10.8. The Morgan fingerprint density at radius 3 is 2.50 bits per heavy atom. The van der Waals surface area contributed by atoms with Gasteiger partial charge in [-0.1, -0.05) is 12.6 Å². The molecule has 0 spiro atoms. The minimum absolute atomic E-state index is 0.128. The molecule has 0 bridgehead atoms. The van der Waals surface area contributed by atoms with Gasteiger partial charge in [-0.3, -0.25) is 4.79 Å². The van der Waals surface area contributed by atoms with E-state index < -0.39 is 8.32 Å². The largest absolute Gasteiger partial charge is 0.516 e. The van der Waals surface area contributed by atoms with E-state index in [1.54, 1.807) is 12.6 Å². The van der Waals surface area contributed by atoms with E-state index in [2.05, 4.69) is 6.58 Å². The molecular weight excluding hydrogens is 144 g/mol. The number of rotatable bonds is 3. The molecule has 0 aromatic rings. The Hall–Kier alpha value is -0.573. The normalized spacial score (nSPS) is 10.7. The molecule has 0 rings (SSSR count). The van der Waals surface area contributed by atoms with Crippen LogP contribution in [0.1, 0.15) is 13.3 Å². The summed E-state index contributed by atoms with van der Waals surface area (Å²) in [5.74, 6) is -0.128. The van der Waals surface area contributed by atoms with E-state index in [-0.39, 0.29) is 5.97 Å². The van der Waals surface area contributed by atoms with Crippen LogP contribution in [-0.4, -0.2) is 14.3 Å². The Balaban J connectivity index is 3.88. The van der Waals surface area contributed by atoms with Crippen molar-refractivity contribution < 1.29 is 9.22 Å². The van der Waals surface area contributed by atoms with Crippen molar-refractivity contribution in [2.45, 2.75) is 26.4 Å². The summed E-state index contributed by atoms with van der Waals surface area (Å²) in [5.41, 5.74) is 1.75. The zero-order valence-corrected chi connectivity index (χ0v) is 7.81. The predicted octanol–water partition coefficient (Wildman–Crippen LogP) is 1.87. The average molecular weight is 158 g/mol. The maximum atomic E-state index is 10.8. The SMILES string of the molecule is C=C[Si](C)(C)OC(=O)CC. The third kappa shape index (κ3) is 3.45. The van der Waals surface area contributed by atoms with Gasteiger partial charge in [-0.2, -0.15) is 0 Å². The Bertz CT molecular complexity index is 141. The highest BCUT2D eigenvalue weighted by Gasteiger charge is 2.21. The minimum atomic E-state index is -1.85. The van der Waals surface area contributed by atoms with E-state index in [1.165, 1.54) is 0 Å². The fourth-order valence-corrected chi connectivity index (χ4v) is 1.22. The van der Waals surface area contributed by atoms with Crippen molar-refractivity contribution >= 4 is 14.3 Å². The van der Waals surface area contributed by atoms with Gasteiger partial charge in [-0.15, -0.1) is 6.58 Å². The zero-order valence-electron chi connectivity index (χ0n) is 6.81. The molecule has 0 aliphatic heterocycles. The van der Waals surface area contributed by atoms with Crippen LogP contribution in [0.5, 0.6) is 0 Å². The summed E-state index contributed by atoms with van der Waals surface area (Å²) in [4.78, 5) is 10.8. The van der Waals surface area contributed by atoms with Gasteiger partial charge in [0.15, 0.2) is 0 Å². The highest BCUT2D eigenvalue weighted by molar-refractivity contribution is 6.77. The zero-order chi connectivity index (χ0) is 8.20. The van der Waals surface area contributed by atoms with Crippen LogP contribution in [0.4, 0.5) is 0 Å². The lowest BCUT2D eigenvalue weighted by molar-refractivity contribution is -0.134. The molecule has 0 amide bonds. The maximum Gasteiger partial charge on any atom is 0.292 e. The van der Waals surface area contributed by atoms with Gasteiger partial charge in [0, 0.05) is 6.42 Å². The lowest BCUT2D eigenvalue weighted by Gasteiger charge is -2.17. The van der Waals surface area contributed by atoms with E-state index in [9.17, 15) is 4.79 Å². The Morgan fingerprint density at radius 2 is 2.20 bits per heavy atom. The molecule has 0 aliphatic rings. The van der Waals surface area contributed by atoms with Crippen LogP contribution in [-0.2, 0) is 9.22 Å². The molecule has 0 fully saturated rings.